The van der Waals surface area contributed by atoms with Gasteiger partial charge in [0.2, 0.25) is 0 Å². The van der Waals surface area contributed by atoms with Gasteiger partial charge in [-0.25, -0.2) is 0 Å². The van der Waals surface area contributed by atoms with E-state index in [4.69, 9.17) is 4.74 Å². The number of benzene rings is 1. The maximum Gasteiger partial charge on any atom is 0.144 e. The van der Waals surface area contributed by atoms with Gasteiger partial charge in [-0.05, 0) is 12.5 Å². The molecule has 6 heteroatoms. The van der Waals surface area contributed by atoms with Crippen molar-refractivity contribution in [2.75, 3.05) is 6.61 Å². The van der Waals surface area contributed by atoms with Crippen molar-refractivity contribution in [3.63, 3.8) is 0 Å². The summed E-state index contributed by atoms with van der Waals surface area (Å²) < 4.78 is 5.51. The Balaban J connectivity index is 2.20. The van der Waals surface area contributed by atoms with Gasteiger partial charge < -0.3 is 25.2 Å². The summed E-state index contributed by atoms with van der Waals surface area (Å²) in [6.45, 7) is 1.51. The van der Waals surface area contributed by atoms with Crippen LogP contribution < -0.4 is 0 Å². The van der Waals surface area contributed by atoms with Gasteiger partial charge in [-0.15, -0.1) is 12.6 Å². The lowest BCUT2D eigenvalue weighted by molar-refractivity contribution is -0.240. The van der Waals surface area contributed by atoms with Crippen LogP contribution in [0.5, 0.6) is 0 Å². The zero-order valence-electron chi connectivity index (χ0n) is 11.2. The minimum atomic E-state index is -1.41. The summed E-state index contributed by atoms with van der Waals surface area (Å²) >= 11 is 4.34. The lowest BCUT2D eigenvalue weighted by Crippen LogP contribution is -2.63. The summed E-state index contributed by atoms with van der Waals surface area (Å²) in [6.07, 6.45) is -4.84. The summed E-state index contributed by atoms with van der Waals surface area (Å²) in [7, 11) is 0. The van der Waals surface area contributed by atoms with E-state index in [1.807, 2.05) is 31.2 Å². The smallest absolute Gasteiger partial charge is 0.144 e. The maximum absolute atomic E-state index is 10.1. The zero-order valence-corrected chi connectivity index (χ0v) is 12.1. The van der Waals surface area contributed by atoms with Crippen LogP contribution in [0.15, 0.2) is 24.3 Å². The van der Waals surface area contributed by atoms with Crippen molar-refractivity contribution in [2.24, 2.45) is 0 Å². The fourth-order valence-electron chi connectivity index (χ4n) is 2.36. The van der Waals surface area contributed by atoms with E-state index in [2.05, 4.69) is 12.6 Å². The molecule has 0 aliphatic carbocycles. The molecule has 2 rings (SSSR count). The van der Waals surface area contributed by atoms with Gasteiger partial charge in [0, 0.05) is 6.42 Å². The molecule has 1 aromatic rings. The van der Waals surface area contributed by atoms with Gasteiger partial charge >= 0.3 is 0 Å². The second-order valence-corrected chi connectivity index (χ2v) is 6.03. The molecule has 1 saturated heterocycles. The zero-order chi connectivity index (χ0) is 14.9. The standard InChI is InChI=1S/C14H20O5S/c1-8-2-4-9(5-3-8)6-14(20)13(18)12(17)11(16)10(7-15)19-14/h2-5,10-13,15-18,20H,6-7H2,1H3/t10-,11-,12+,13-,14+/m1/s1. The molecular weight excluding hydrogens is 280 g/mol. The molecule has 4 N–H and O–H groups in total. The third kappa shape index (κ3) is 3.00. The molecule has 1 aliphatic heterocycles. The van der Waals surface area contributed by atoms with Crippen LogP contribution in [0.2, 0.25) is 0 Å². The molecule has 5 nitrogen and oxygen atoms in total. The number of rotatable bonds is 3. The van der Waals surface area contributed by atoms with E-state index in [1.165, 1.54) is 0 Å². The van der Waals surface area contributed by atoms with Crippen molar-refractivity contribution in [3.8, 4) is 0 Å². The topological polar surface area (TPSA) is 90.2 Å². The molecule has 112 valence electrons. The van der Waals surface area contributed by atoms with Crippen molar-refractivity contribution in [1.82, 2.24) is 0 Å². The largest absolute Gasteiger partial charge is 0.394 e. The van der Waals surface area contributed by atoms with Crippen molar-refractivity contribution >= 4 is 12.6 Å². The first kappa shape index (κ1) is 15.8. The minimum Gasteiger partial charge on any atom is -0.394 e. The van der Waals surface area contributed by atoms with Crippen molar-refractivity contribution in [1.29, 1.82) is 0 Å². The fourth-order valence-corrected chi connectivity index (χ4v) is 2.84. The Morgan fingerprint density at radius 2 is 1.75 bits per heavy atom. The first-order valence-corrected chi connectivity index (χ1v) is 6.93. The van der Waals surface area contributed by atoms with E-state index in [9.17, 15) is 20.4 Å². The Bertz CT molecular complexity index is 449. The Kier molecular flexibility index (Phi) is 4.73. The molecule has 1 fully saturated rings. The van der Waals surface area contributed by atoms with Gasteiger partial charge in [0.15, 0.2) is 0 Å². The van der Waals surface area contributed by atoms with Crippen LogP contribution >= 0.6 is 12.6 Å². The van der Waals surface area contributed by atoms with Crippen LogP contribution in [-0.4, -0.2) is 56.4 Å². The molecule has 1 aliphatic rings. The number of hydrogen-bond acceptors (Lipinski definition) is 6. The monoisotopic (exact) mass is 300 g/mol. The lowest BCUT2D eigenvalue weighted by atomic mass is 9.91. The van der Waals surface area contributed by atoms with Crippen molar-refractivity contribution in [3.05, 3.63) is 35.4 Å². The molecule has 0 unspecified atom stereocenters. The first-order chi connectivity index (χ1) is 9.37. The SMILES string of the molecule is Cc1ccc(C[C@@]2(S)O[C@H](CO)[C@@H](O)[C@H](O)[C@H]2O)cc1. The van der Waals surface area contributed by atoms with Crippen molar-refractivity contribution in [2.45, 2.75) is 42.7 Å². The van der Waals surface area contributed by atoms with Crippen LogP contribution in [0, 0.1) is 6.92 Å². The Labute approximate surface area is 123 Å². The van der Waals surface area contributed by atoms with Crippen molar-refractivity contribution < 1.29 is 25.2 Å². The van der Waals surface area contributed by atoms with Gasteiger partial charge in [-0.2, -0.15) is 0 Å². The molecular formula is C14H20O5S. The van der Waals surface area contributed by atoms with Crippen LogP contribution in [-0.2, 0) is 11.2 Å². The van der Waals surface area contributed by atoms with E-state index in [0.29, 0.717) is 0 Å². The molecule has 0 saturated carbocycles. The average Bonchev–Trinajstić information content (AvgIpc) is 2.43. The number of ether oxygens (including phenoxy) is 1. The lowest BCUT2D eigenvalue weighted by Gasteiger charge is -2.46. The van der Waals surface area contributed by atoms with Gasteiger partial charge in [-0.3, -0.25) is 0 Å². The summed E-state index contributed by atoms with van der Waals surface area (Å²) in [5.41, 5.74) is 1.99. The summed E-state index contributed by atoms with van der Waals surface area (Å²) in [4.78, 5) is -1.36. The molecule has 1 heterocycles. The molecule has 1 aromatic carbocycles. The van der Waals surface area contributed by atoms with E-state index < -0.39 is 36.0 Å². The predicted molar refractivity (Wildman–Crippen MR) is 76.6 cm³/mol. The molecule has 0 bridgehead atoms. The Morgan fingerprint density at radius 1 is 1.15 bits per heavy atom. The molecule has 0 amide bonds. The average molecular weight is 300 g/mol. The quantitative estimate of drug-likeness (QED) is 0.492. The van der Waals surface area contributed by atoms with Gasteiger partial charge in [0.1, 0.15) is 29.3 Å². The molecule has 0 aromatic heterocycles. The van der Waals surface area contributed by atoms with Gasteiger partial charge in [-0.1, -0.05) is 29.8 Å². The minimum absolute atomic E-state index is 0.248. The maximum atomic E-state index is 10.1. The number of thiol groups is 1. The van der Waals surface area contributed by atoms with E-state index >= 15 is 0 Å². The Morgan fingerprint density at radius 3 is 2.30 bits per heavy atom. The second-order valence-electron chi connectivity index (χ2n) is 5.27. The molecule has 0 spiro atoms. The third-order valence-electron chi connectivity index (χ3n) is 3.63. The number of aliphatic hydroxyl groups excluding tert-OH is 4. The highest BCUT2D eigenvalue weighted by Crippen LogP contribution is 2.36. The molecule has 20 heavy (non-hydrogen) atoms. The second kappa shape index (κ2) is 6.01. The van der Waals surface area contributed by atoms with Crippen LogP contribution in [0.25, 0.3) is 0 Å². The van der Waals surface area contributed by atoms with E-state index in [0.717, 1.165) is 11.1 Å². The molecule has 5 atom stereocenters. The highest BCUT2D eigenvalue weighted by Gasteiger charge is 2.51. The number of aliphatic hydroxyl groups is 4. The number of aryl methyl sites for hydroxylation is 1. The third-order valence-corrected chi connectivity index (χ3v) is 4.16. The van der Waals surface area contributed by atoms with E-state index in [1.54, 1.807) is 0 Å². The van der Waals surface area contributed by atoms with Gasteiger partial charge in [0.25, 0.3) is 0 Å². The first-order valence-electron chi connectivity index (χ1n) is 6.48. The Hall–Kier alpha value is -0.630. The van der Waals surface area contributed by atoms with E-state index in [-0.39, 0.29) is 6.42 Å². The summed E-state index contributed by atoms with van der Waals surface area (Å²) in [5.74, 6) is 0. The molecule has 0 radical (unpaired) electrons. The predicted octanol–water partition coefficient (Wildman–Crippen LogP) is -0.363. The fraction of sp³-hybridized carbons (Fsp3) is 0.571. The highest BCUT2D eigenvalue weighted by molar-refractivity contribution is 7.81. The van der Waals surface area contributed by atoms with Crippen LogP contribution in [0.3, 0.4) is 0 Å². The normalized spacial score (nSPS) is 37.9. The summed E-state index contributed by atoms with van der Waals surface area (Å²) in [5, 5.41) is 38.9. The van der Waals surface area contributed by atoms with Crippen LogP contribution in [0.4, 0.5) is 0 Å². The number of hydrogen-bond donors (Lipinski definition) is 5. The van der Waals surface area contributed by atoms with Crippen LogP contribution in [0.1, 0.15) is 11.1 Å². The summed E-state index contributed by atoms with van der Waals surface area (Å²) in [6, 6.07) is 7.62. The van der Waals surface area contributed by atoms with Gasteiger partial charge in [0.05, 0.1) is 6.61 Å². The highest BCUT2D eigenvalue weighted by atomic mass is 32.1.